The van der Waals surface area contributed by atoms with Crippen molar-refractivity contribution in [2.45, 2.75) is 30.7 Å². The Morgan fingerprint density at radius 2 is 1.43 bits per heavy atom. The van der Waals surface area contributed by atoms with Crippen molar-refractivity contribution in [2.75, 3.05) is 6.61 Å². The van der Waals surface area contributed by atoms with Crippen LogP contribution in [0.15, 0.2) is 54.6 Å². The molecule has 1 fully saturated rings. The minimum atomic E-state index is -1.78. The predicted octanol–water partition coefficient (Wildman–Crippen LogP) is 0.424. The number of esters is 2. The standard InChI is InChI=1S/C24H24O11/c25-15-6-1-13(2-7-15)4-9-19(28)33-12-18-21(30)22(31)23(32)24(34-18)35-20(29)10-5-14-3-8-16(26)17(27)11-14/h1-11,18,21-27,30-32H,12H2/t18-,21+,22+,23+,24+/m1/s1. The molecule has 35 heavy (non-hydrogen) atoms. The van der Waals surface area contributed by atoms with Gasteiger partial charge in [0.2, 0.25) is 6.29 Å². The van der Waals surface area contributed by atoms with Gasteiger partial charge < -0.3 is 44.8 Å². The number of aliphatic hydroxyl groups is 3. The van der Waals surface area contributed by atoms with Gasteiger partial charge in [-0.25, -0.2) is 9.59 Å². The second-order valence-corrected chi connectivity index (χ2v) is 7.59. The van der Waals surface area contributed by atoms with Crippen LogP contribution in [0, 0.1) is 0 Å². The van der Waals surface area contributed by atoms with Crippen LogP contribution in [0.1, 0.15) is 11.1 Å². The molecule has 5 atom stereocenters. The van der Waals surface area contributed by atoms with E-state index in [9.17, 15) is 40.2 Å². The fourth-order valence-corrected chi connectivity index (χ4v) is 3.08. The number of aromatic hydroxyl groups is 3. The number of benzene rings is 2. The minimum Gasteiger partial charge on any atom is -0.508 e. The van der Waals surface area contributed by atoms with E-state index in [-0.39, 0.29) is 17.2 Å². The van der Waals surface area contributed by atoms with Crippen molar-refractivity contribution in [1.82, 2.24) is 0 Å². The topological polar surface area (TPSA) is 183 Å². The van der Waals surface area contributed by atoms with Gasteiger partial charge in [-0.2, -0.15) is 0 Å². The molecule has 11 nitrogen and oxygen atoms in total. The summed E-state index contributed by atoms with van der Waals surface area (Å²) in [4.78, 5) is 24.1. The summed E-state index contributed by atoms with van der Waals surface area (Å²) in [6.45, 7) is -0.514. The Morgan fingerprint density at radius 1 is 0.800 bits per heavy atom. The Labute approximate surface area is 199 Å². The molecule has 0 spiro atoms. The molecule has 3 rings (SSSR count). The van der Waals surface area contributed by atoms with E-state index in [2.05, 4.69) is 0 Å². The van der Waals surface area contributed by atoms with Crippen molar-refractivity contribution < 1.29 is 54.4 Å². The first-order valence-corrected chi connectivity index (χ1v) is 10.4. The lowest BCUT2D eigenvalue weighted by molar-refractivity contribution is -0.291. The number of ether oxygens (including phenoxy) is 3. The Hall–Kier alpha value is -3.90. The molecular weight excluding hydrogens is 464 g/mol. The summed E-state index contributed by atoms with van der Waals surface area (Å²) >= 11 is 0. The zero-order valence-electron chi connectivity index (χ0n) is 18.2. The van der Waals surface area contributed by atoms with Crippen LogP contribution < -0.4 is 0 Å². The Bertz CT molecular complexity index is 1090. The van der Waals surface area contributed by atoms with Gasteiger partial charge in [0.15, 0.2) is 11.5 Å². The number of carbonyl (C=O) groups is 2. The van der Waals surface area contributed by atoms with Crippen LogP contribution >= 0.6 is 0 Å². The van der Waals surface area contributed by atoms with E-state index in [1.807, 2.05) is 0 Å². The van der Waals surface area contributed by atoms with E-state index in [0.717, 1.165) is 12.2 Å². The zero-order chi connectivity index (χ0) is 25.5. The van der Waals surface area contributed by atoms with Crippen molar-refractivity contribution in [3.63, 3.8) is 0 Å². The van der Waals surface area contributed by atoms with Crippen molar-refractivity contribution in [3.8, 4) is 17.2 Å². The van der Waals surface area contributed by atoms with Crippen LogP contribution in [0.3, 0.4) is 0 Å². The highest BCUT2D eigenvalue weighted by atomic mass is 16.7. The molecule has 2 aromatic carbocycles. The van der Waals surface area contributed by atoms with E-state index in [0.29, 0.717) is 11.1 Å². The normalized spacial score (nSPS) is 24.5. The maximum Gasteiger partial charge on any atom is 0.333 e. The molecule has 0 unspecified atom stereocenters. The summed E-state index contributed by atoms with van der Waals surface area (Å²) < 4.78 is 15.3. The maximum atomic E-state index is 12.1. The summed E-state index contributed by atoms with van der Waals surface area (Å²) in [5.74, 6) is -2.42. The average molecular weight is 488 g/mol. The second kappa shape index (κ2) is 11.5. The van der Waals surface area contributed by atoms with E-state index in [1.54, 1.807) is 12.1 Å². The Kier molecular flexibility index (Phi) is 8.44. The SMILES string of the molecule is O=C(C=Cc1ccc(O)cc1)OC[C@H]1O[C@@H](OC(=O)C=Cc2ccc(O)c(O)c2)[C@@H](O)[C@@H](O)[C@H]1O. The second-order valence-electron chi connectivity index (χ2n) is 7.59. The molecule has 0 radical (unpaired) electrons. The van der Waals surface area contributed by atoms with Gasteiger partial charge in [-0.15, -0.1) is 0 Å². The van der Waals surface area contributed by atoms with Gasteiger partial charge in [0.05, 0.1) is 0 Å². The van der Waals surface area contributed by atoms with Crippen molar-refractivity contribution in [1.29, 1.82) is 0 Å². The molecule has 11 heteroatoms. The van der Waals surface area contributed by atoms with Crippen LogP contribution in [0.5, 0.6) is 17.2 Å². The van der Waals surface area contributed by atoms with E-state index in [1.165, 1.54) is 42.5 Å². The van der Waals surface area contributed by atoms with Crippen LogP contribution in [-0.4, -0.2) is 79.9 Å². The smallest absolute Gasteiger partial charge is 0.333 e. The van der Waals surface area contributed by atoms with Crippen LogP contribution in [-0.2, 0) is 23.8 Å². The fraction of sp³-hybridized carbons (Fsp3) is 0.250. The summed E-state index contributed by atoms with van der Waals surface area (Å²) in [6.07, 6.45) is -3.38. The molecule has 2 aromatic rings. The lowest BCUT2D eigenvalue weighted by Crippen LogP contribution is -2.59. The first-order chi connectivity index (χ1) is 16.6. The van der Waals surface area contributed by atoms with Crippen molar-refractivity contribution in [3.05, 3.63) is 65.7 Å². The Morgan fingerprint density at radius 3 is 2.11 bits per heavy atom. The van der Waals surface area contributed by atoms with E-state index < -0.39 is 49.3 Å². The van der Waals surface area contributed by atoms with Crippen molar-refractivity contribution in [2.24, 2.45) is 0 Å². The fourth-order valence-electron chi connectivity index (χ4n) is 3.08. The van der Waals surface area contributed by atoms with E-state index >= 15 is 0 Å². The quantitative estimate of drug-likeness (QED) is 0.180. The third-order valence-electron chi connectivity index (χ3n) is 5.01. The molecule has 1 heterocycles. The summed E-state index contributed by atoms with van der Waals surface area (Å²) in [6, 6.07) is 9.87. The molecule has 0 bridgehead atoms. The van der Waals surface area contributed by atoms with Gasteiger partial charge in [0.1, 0.15) is 36.8 Å². The third-order valence-corrected chi connectivity index (χ3v) is 5.01. The molecule has 1 saturated heterocycles. The first-order valence-electron chi connectivity index (χ1n) is 10.4. The van der Waals surface area contributed by atoms with Gasteiger partial charge >= 0.3 is 11.9 Å². The number of phenolic OH excluding ortho intramolecular Hbond substituents is 3. The number of phenols is 3. The number of hydrogen-bond donors (Lipinski definition) is 6. The molecule has 6 N–H and O–H groups in total. The van der Waals surface area contributed by atoms with Gasteiger partial charge in [-0.05, 0) is 47.5 Å². The molecule has 0 aliphatic carbocycles. The molecule has 1 aliphatic heterocycles. The molecule has 0 saturated carbocycles. The van der Waals surface area contributed by atoms with E-state index in [4.69, 9.17) is 14.2 Å². The monoisotopic (exact) mass is 488 g/mol. The molecular formula is C24H24O11. The van der Waals surface area contributed by atoms with Gasteiger partial charge in [0.25, 0.3) is 0 Å². The van der Waals surface area contributed by atoms with Gasteiger partial charge in [0, 0.05) is 12.2 Å². The lowest BCUT2D eigenvalue weighted by atomic mass is 9.99. The number of hydrogen-bond acceptors (Lipinski definition) is 11. The maximum absolute atomic E-state index is 12.1. The van der Waals surface area contributed by atoms with Crippen LogP contribution in [0.25, 0.3) is 12.2 Å². The summed E-state index contributed by atoms with van der Waals surface area (Å²) in [5.41, 5.74) is 0.984. The molecule has 0 aromatic heterocycles. The number of aliphatic hydroxyl groups excluding tert-OH is 3. The molecule has 186 valence electrons. The summed E-state index contributed by atoms with van der Waals surface area (Å²) in [7, 11) is 0. The van der Waals surface area contributed by atoms with Crippen LogP contribution in [0.4, 0.5) is 0 Å². The minimum absolute atomic E-state index is 0.0688. The average Bonchev–Trinajstić information content (AvgIpc) is 2.84. The first kappa shape index (κ1) is 25.7. The number of rotatable bonds is 7. The van der Waals surface area contributed by atoms with Gasteiger partial charge in [-0.1, -0.05) is 18.2 Å². The lowest BCUT2D eigenvalue weighted by Gasteiger charge is -2.39. The highest BCUT2D eigenvalue weighted by Gasteiger charge is 2.45. The van der Waals surface area contributed by atoms with Gasteiger partial charge in [-0.3, -0.25) is 0 Å². The summed E-state index contributed by atoms with van der Waals surface area (Å²) in [5, 5.41) is 58.4. The predicted molar refractivity (Wildman–Crippen MR) is 120 cm³/mol. The van der Waals surface area contributed by atoms with Crippen molar-refractivity contribution >= 4 is 24.1 Å². The number of carbonyl (C=O) groups excluding carboxylic acids is 2. The zero-order valence-corrected chi connectivity index (χ0v) is 18.2. The third kappa shape index (κ3) is 7.04. The Balaban J connectivity index is 1.56. The van der Waals surface area contributed by atoms with Crippen LogP contribution in [0.2, 0.25) is 0 Å². The largest absolute Gasteiger partial charge is 0.508 e. The highest BCUT2D eigenvalue weighted by Crippen LogP contribution is 2.26. The molecule has 1 aliphatic rings. The highest BCUT2D eigenvalue weighted by molar-refractivity contribution is 5.87. The molecule has 0 amide bonds.